The number of nitrogens with zero attached hydrogens (tertiary/aromatic N) is 4. The van der Waals surface area contributed by atoms with E-state index in [2.05, 4.69) is 15.0 Å². The molecule has 4 rings (SSSR count). The number of fused-ring (bicyclic) bond motifs is 1. The average Bonchev–Trinajstić information content (AvgIpc) is 3.21. The summed E-state index contributed by atoms with van der Waals surface area (Å²) >= 11 is 1.45. The number of rotatable bonds is 4. The van der Waals surface area contributed by atoms with Gasteiger partial charge < -0.3 is 14.6 Å². The first kappa shape index (κ1) is 15.4. The lowest BCUT2D eigenvalue weighted by Gasteiger charge is -2.34. The Morgan fingerprint density at radius 1 is 1.29 bits per heavy atom. The number of morpholine rings is 1. The first-order chi connectivity index (χ1) is 11.8. The van der Waals surface area contributed by atoms with Gasteiger partial charge in [0, 0.05) is 18.7 Å². The zero-order valence-electron chi connectivity index (χ0n) is 13.3. The van der Waals surface area contributed by atoms with Crippen LogP contribution in [0.3, 0.4) is 0 Å². The van der Waals surface area contributed by atoms with Gasteiger partial charge in [0.05, 0.1) is 31.2 Å². The van der Waals surface area contributed by atoms with Crippen LogP contribution in [0.1, 0.15) is 16.5 Å². The number of benzene rings is 1. The second kappa shape index (κ2) is 6.39. The van der Waals surface area contributed by atoms with Gasteiger partial charge in [0.2, 0.25) is 10.8 Å². The van der Waals surface area contributed by atoms with Crippen LogP contribution in [0, 0.1) is 0 Å². The Morgan fingerprint density at radius 2 is 2.08 bits per heavy atom. The molecule has 0 amide bonds. The minimum Gasteiger partial charge on any atom is -0.496 e. The van der Waals surface area contributed by atoms with E-state index < -0.39 is 0 Å². The molecule has 7 nitrogen and oxygen atoms in total. The van der Waals surface area contributed by atoms with Crippen molar-refractivity contribution in [3.05, 3.63) is 41.0 Å². The Balaban J connectivity index is 1.86. The van der Waals surface area contributed by atoms with Crippen LogP contribution in [0.15, 0.2) is 30.6 Å². The summed E-state index contributed by atoms with van der Waals surface area (Å²) in [7, 11) is 1.66. The van der Waals surface area contributed by atoms with Crippen molar-refractivity contribution in [1.82, 2.24) is 19.5 Å². The molecule has 0 aliphatic carbocycles. The maximum absolute atomic E-state index is 10.7. The summed E-state index contributed by atoms with van der Waals surface area (Å²) in [6.07, 6.45) is 1.45. The number of ether oxygens (including phenoxy) is 2. The maximum atomic E-state index is 10.7. The number of thiazole rings is 1. The molecule has 8 heteroatoms. The molecule has 1 aliphatic heterocycles. The number of aromatic hydroxyl groups is 1. The van der Waals surface area contributed by atoms with Gasteiger partial charge in [-0.05, 0) is 6.07 Å². The molecule has 1 atom stereocenters. The number of methoxy groups -OCH3 is 1. The molecule has 0 saturated carbocycles. The largest absolute Gasteiger partial charge is 0.496 e. The van der Waals surface area contributed by atoms with Gasteiger partial charge in [-0.1, -0.05) is 29.5 Å². The molecule has 2 aromatic heterocycles. The van der Waals surface area contributed by atoms with Gasteiger partial charge in [-0.3, -0.25) is 4.90 Å². The Bertz CT molecular complexity index is 841. The topological polar surface area (TPSA) is 72.1 Å². The molecule has 0 spiro atoms. The second-order valence-electron chi connectivity index (χ2n) is 5.54. The first-order valence-electron chi connectivity index (χ1n) is 7.75. The Kier molecular flexibility index (Phi) is 4.09. The molecule has 1 saturated heterocycles. The summed E-state index contributed by atoms with van der Waals surface area (Å²) < 4.78 is 12.5. The minimum absolute atomic E-state index is 0.126. The fourth-order valence-corrected chi connectivity index (χ4v) is 4.19. The highest BCUT2D eigenvalue weighted by Crippen LogP contribution is 2.42. The third kappa shape index (κ3) is 2.52. The molecule has 1 aromatic carbocycles. The van der Waals surface area contributed by atoms with Crippen molar-refractivity contribution in [1.29, 1.82) is 0 Å². The molecule has 3 heterocycles. The van der Waals surface area contributed by atoms with Crippen molar-refractivity contribution < 1.29 is 14.6 Å². The van der Waals surface area contributed by atoms with Gasteiger partial charge in [-0.25, -0.2) is 4.98 Å². The fourth-order valence-electron chi connectivity index (χ4n) is 3.10. The molecular formula is C16H18N4O3S. The highest BCUT2D eigenvalue weighted by molar-refractivity contribution is 7.17. The predicted octanol–water partition coefficient (Wildman–Crippen LogP) is 1.93. The highest BCUT2D eigenvalue weighted by atomic mass is 32.1. The zero-order valence-corrected chi connectivity index (χ0v) is 14.1. The molecule has 1 aliphatic rings. The Morgan fingerprint density at radius 3 is 2.83 bits per heavy atom. The third-order valence-corrected chi connectivity index (χ3v) is 5.32. The van der Waals surface area contributed by atoms with Crippen molar-refractivity contribution in [2.75, 3.05) is 33.4 Å². The monoisotopic (exact) mass is 346 g/mol. The quantitative estimate of drug-likeness (QED) is 0.778. The highest BCUT2D eigenvalue weighted by Gasteiger charge is 2.31. The molecule has 24 heavy (non-hydrogen) atoms. The van der Waals surface area contributed by atoms with E-state index >= 15 is 0 Å². The van der Waals surface area contributed by atoms with E-state index in [9.17, 15) is 5.11 Å². The SMILES string of the molecule is COc1ccccc1C(c1sc2ncnn2c1O)N1CCOCC1. The van der Waals surface area contributed by atoms with Crippen molar-refractivity contribution in [3.8, 4) is 11.6 Å². The second-order valence-corrected chi connectivity index (χ2v) is 6.55. The van der Waals surface area contributed by atoms with Gasteiger partial charge in [-0.15, -0.1) is 0 Å². The normalized spacial score (nSPS) is 17.2. The van der Waals surface area contributed by atoms with Gasteiger partial charge in [0.15, 0.2) is 0 Å². The summed E-state index contributed by atoms with van der Waals surface area (Å²) in [5.74, 6) is 0.933. The van der Waals surface area contributed by atoms with Crippen LogP contribution in [0.4, 0.5) is 0 Å². The lowest BCUT2D eigenvalue weighted by Crippen LogP contribution is -2.39. The van der Waals surface area contributed by atoms with Crippen LogP contribution in [0.25, 0.3) is 4.96 Å². The van der Waals surface area contributed by atoms with Gasteiger partial charge in [-0.2, -0.15) is 9.61 Å². The van der Waals surface area contributed by atoms with E-state index in [1.165, 1.54) is 22.2 Å². The van der Waals surface area contributed by atoms with Crippen molar-refractivity contribution in [2.45, 2.75) is 6.04 Å². The average molecular weight is 346 g/mol. The van der Waals surface area contributed by atoms with Crippen LogP contribution in [0.2, 0.25) is 0 Å². The molecular weight excluding hydrogens is 328 g/mol. The molecule has 0 bridgehead atoms. The van der Waals surface area contributed by atoms with Crippen LogP contribution in [-0.2, 0) is 4.74 Å². The fraction of sp³-hybridized carbons (Fsp3) is 0.375. The standard InChI is InChI=1S/C16H18N4O3S/c1-22-12-5-3-2-4-11(12)13(19-6-8-23-9-7-19)14-15(21)20-16(24-14)17-10-18-20/h2-5,10,13,21H,6-9H2,1H3. The first-order valence-corrected chi connectivity index (χ1v) is 8.57. The van der Waals surface area contributed by atoms with Crippen LogP contribution < -0.4 is 4.74 Å². The van der Waals surface area contributed by atoms with Gasteiger partial charge >= 0.3 is 0 Å². The lowest BCUT2D eigenvalue weighted by atomic mass is 10.0. The number of hydrogen-bond donors (Lipinski definition) is 1. The minimum atomic E-state index is -0.126. The summed E-state index contributed by atoms with van der Waals surface area (Å²) in [6, 6.07) is 7.78. The summed E-state index contributed by atoms with van der Waals surface area (Å²) in [5.41, 5.74) is 1.02. The van der Waals surface area contributed by atoms with E-state index in [4.69, 9.17) is 9.47 Å². The number of aromatic nitrogens is 3. The van der Waals surface area contributed by atoms with E-state index in [-0.39, 0.29) is 11.9 Å². The molecule has 3 aromatic rings. The molecule has 1 fully saturated rings. The van der Waals surface area contributed by atoms with Crippen molar-refractivity contribution >= 4 is 16.3 Å². The van der Waals surface area contributed by atoms with E-state index in [0.29, 0.717) is 18.2 Å². The summed E-state index contributed by atoms with van der Waals surface area (Å²) in [4.78, 5) is 7.99. The van der Waals surface area contributed by atoms with Gasteiger partial charge in [0.25, 0.3) is 0 Å². The lowest BCUT2D eigenvalue weighted by molar-refractivity contribution is 0.0237. The van der Waals surface area contributed by atoms with Gasteiger partial charge in [0.1, 0.15) is 12.1 Å². The smallest absolute Gasteiger partial charge is 0.230 e. The third-order valence-electron chi connectivity index (χ3n) is 4.23. The predicted molar refractivity (Wildman–Crippen MR) is 89.8 cm³/mol. The van der Waals surface area contributed by atoms with E-state index in [0.717, 1.165) is 29.3 Å². The Labute approximate surface area is 143 Å². The molecule has 126 valence electrons. The Hall–Kier alpha value is -2.16. The molecule has 1 unspecified atom stereocenters. The maximum Gasteiger partial charge on any atom is 0.230 e. The molecule has 1 N–H and O–H groups in total. The van der Waals surface area contributed by atoms with Crippen LogP contribution >= 0.6 is 11.3 Å². The van der Waals surface area contributed by atoms with E-state index in [1.54, 1.807) is 7.11 Å². The zero-order chi connectivity index (χ0) is 16.5. The van der Waals surface area contributed by atoms with Crippen LogP contribution in [0.5, 0.6) is 11.6 Å². The van der Waals surface area contributed by atoms with Crippen molar-refractivity contribution in [3.63, 3.8) is 0 Å². The molecule has 0 radical (unpaired) electrons. The summed E-state index contributed by atoms with van der Waals surface area (Å²) in [5, 5.41) is 14.8. The van der Waals surface area contributed by atoms with Crippen LogP contribution in [-0.4, -0.2) is 58.0 Å². The number of para-hydroxylation sites is 1. The van der Waals surface area contributed by atoms with E-state index in [1.807, 2.05) is 24.3 Å². The number of hydrogen-bond acceptors (Lipinski definition) is 7. The summed E-state index contributed by atoms with van der Waals surface area (Å²) in [6.45, 7) is 2.92. The van der Waals surface area contributed by atoms with Crippen molar-refractivity contribution in [2.24, 2.45) is 0 Å².